The first-order chi connectivity index (χ1) is 9.51. The number of hydrogen-bond acceptors (Lipinski definition) is 3. The summed E-state index contributed by atoms with van der Waals surface area (Å²) in [4.78, 5) is 18.2. The Labute approximate surface area is 120 Å². The average Bonchev–Trinajstić information content (AvgIpc) is 2.87. The van der Waals surface area contributed by atoms with Crippen LogP contribution in [0, 0.1) is 5.92 Å². The highest BCUT2D eigenvalue weighted by Crippen LogP contribution is 2.27. The SMILES string of the molecule is CCCC1CCN(c2cc(C(=O)O)cc(C(C)C)n2)C1. The molecule has 0 aliphatic carbocycles. The minimum absolute atomic E-state index is 0.238. The second-order valence-electron chi connectivity index (χ2n) is 5.99. The quantitative estimate of drug-likeness (QED) is 0.894. The molecule has 0 bridgehead atoms. The molecule has 0 spiro atoms. The second kappa shape index (κ2) is 6.25. The van der Waals surface area contributed by atoms with E-state index in [2.05, 4.69) is 16.8 Å². The lowest BCUT2D eigenvalue weighted by Gasteiger charge is -2.20. The van der Waals surface area contributed by atoms with Gasteiger partial charge < -0.3 is 10.0 Å². The lowest BCUT2D eigenvalue weighted by atomic mass is 10.0. The van der Waals surface area contributed by atoms with Crippen molar-refractivity contribution in [3.8, 4) is 0 Å². The maximum atomic E-state index is 11.3. The van der Waals surface area contributed by atoms with Crippen LogP contribution in [0.1, 0.15) is 62.0 Å². The highest BCUT2D eigenvalue weighted by Gasteiger charge is 2.24. The normalized spacial score (nSPS) is 18.8. The fourth-order valence-electron chi connectivity index (χ4n) is 2.80. The lowest BCUT2D eigenvalue weighted by molar-refractivity contribution is 0.0696. The van der Waals surface area contributed by atoms with Gasteiger partial charge in [-0.2, -0.15) is 0 Å². The number of nitrogens with zero attached hydrogens (tertiary/aromatic N) is 2. The van der Waals surface area contributed by atoms with Crippen molar-refractivity contribution in [2.24, 2.45) is 5.92 Å². The number of carboxylic acid groups (broad SMARTS) is 1. The first-order valence-corrected chi connectivity index (χ1v) is 7.51. The molecule has 4 nitrogen and oxygen atoms in total. The Morgan fingerprint density at radius 1 is 1.50 bits per heavy atom. The van der Waals surface area contributed by atoms with Crippen molar-refractivity contribution >= 4 is 11.8 Å². The smallest absolute Gasteiger partial charge is 0.335 e. The molecule has 0 amide bonds. The number of aromatic carboxylic acids is 1. The Morgan fingerprint density at radius 3 is 2.85 bits per heavy atom. The zero-order chi connectivity index (χ0) is 14.7. The summed E-state index contributed by atoms with van der Waals surface area (Å²) in [6.45, 7) is 8.28. The van der Waals surface area contributed by atoms with Gasteiger partial charge in [0.1, 0.15) is 5.82 Å². The Morgan fingerprint density at radius 2 is 2.25 bits per heavy atom. The van der Waals surface area contributed by atoms with Crippen LogP contribution < -0.4 is 4.90 Å². The summed E-state index contributed by atoms with van der Waals surface area (Å²) in [5.41, 5.74) is 1.21. The molecule has 2 heterocycles. The van der Waals surface area contributed by atoms with Gasteiger partial charge in [-0.25, -0.2) is 9.78 Å². The number of pyridine rings is 1. The summed E-state index contributed by atoms with van der Waals surface area (Å²) in [5.74, 6) is 0.909. The van der Waals surface area contributed by atoms with Crippen LogP contribution in [0.2, 0.25) is 0 Å². The first kappa shape index (κ1) is 14.8. The summed E-state index contributed by atoms with van der Waals surface area (Å²) < 4.78 is 0. The van der Waals surface area contributed by atoms with E-state index in [0.29, 0.717) is 5.56 Å². The third kappa shape index (κ3) is 3.30. The van der Waals surface area contributed by atoms with Crippen LogP contribution in [0.4, 0.5) is 5.82 Å². The number of aromatic nitrogens is 1. The molecule has 1 fully saturated rings. The molecule has 2 rings (SSSR count). The molecular weight excluding hydrogens is 252 g/mol. The molecule has 1 saturated heterocycles. The minimum Gasteiger partial charge on any atom is -0.478 e. The highest BCUT2D eigenvalue weighted by atomic mass is 16.4. The monoisotopic (exact) mass is 276 g/mol. The zero-order valence-corrected chi connectivity index (χ0v) is 12.6. The van der Waals surface area contributed by atoms with Crippen LogP contribution in [-0.4, -0.2) is 29.1 Å². The average molecular weight is 276 g/mol. The predicted octanol–water partition coefficient (Wildman–Crippen LogP) is 3.53. The number of rotatable bonds is 5. The maximum Gasteiger partial charge on any atom is 0.335 e. The van der Waals surface area contributed by atoms with Gasteiger partial charge in [0.05, 0.1) is 5.56 Å². The van der Waals surface area contributed by atoms with Crippen LogP contribution in [-0.2, 0) is 0 Å². The summed E-state index contributed by atoms with van der Waals surface area (Å²) in [6.07, 6.45) is 3.63. The maximum absolute atomic E-state index is 11.3. The van der Waals surface area contributed by atoms with Gasteiger partial charge in [0.15, 0.2) is 0 Å². The van der Waals surface area contributed by atoms with Crippen LogP contribution in [0.25, 0.3) is 0 Å². The number of hydrogen-bond donors (Lipinski definition) is 1. The van der Waals surface area contributed by atoms with E-state index in [1.807, 2.05) is 13.8 Å². The van der Waals surface area contributed by atoms with E-state index in [-0.39, 0.29) is 5.92 Å². The van der Waals surface area contributed by atoms with E-state index in [4.69, 9.17) is 0 Å². The molecule has 1 aliphatic rings. The van der Waals surface area contributed by atoms with Gasteiger partial charge in [-0.15, -0.1) is 0 Å². The highest BCUT2D eigenvalue weighted by molar-refractivity contribution is 5.88. The van der Waals surface area contributed by atoms with Gasteiger partial charge in [0.2, 0.25) is 0 Å². The van der Waals surface area contributed by atoms with Crippen LogP contribution in [0.5, 0.6) is 0 Å². The van der Waals surface area contributed by atoms with E-state index in [1.54, 1.807) is 12.1 Å². The van der Waals surface area contributed by atoms with Crippen molar-refractivity contribution in [3.63, 3.8) is 0 Å². The molecule has 0 radical (unpaired) electrons. The van der Waals surface area contributed by atoms with Crippen LogP contribution in [0.3, 0.4) is 0 Å². The lowest BCUT2D eigenvalue weighted by Crippen LogP contribution is -2.22. The van der Waals surface area contributed by atoms with E-state index >= 15 is 0 Å². The van der Waals surface area contributed by atoms with E-state index in [0.717, 1.165) is 30.5 Å². The Hall–Kier alpha value is -1.58. The molecular formula is C16H24N2O2. The second-order valence-corrected chi connectivity index (χ2v) is 5.99. The summed E-state index contributed by atoms with van der Waals surface area (Å²) >= 11 is 0. The van der Waals surface area contributed by atoms with Gasteiger partial charge in [0, 0.05) is 18.8 Å². The fourth-order valence-corrected chi connectivity index (χ4v) is 2.80. The van der Waals surface area contributed by atoms with E-state index in [9.17, 15) is 9.90 Å². The number of carbonyl (C=O) groups is 1. The molecule has 0 saturated carbocycles. The Balaban J connectivity index is 2.25. The third-order valence-electron chi connectivity index (χ3n) is 3.98. The van der Waals surface area contributed by atoms with Gasteiger partial charge in [-0.1, -0.05) is 27.2 Å². The molecule has 1 aliphatic heterocycles. The number of anilines is 1. The minimum atomic E-state index is -0.875. The summed E-state index contributed by atoms with van der Waals surface area (Å²) in [7, 11) is 0. The van der Waals surface area contributed by atoms with E-state index in [1.165, 1.54) is 19.3 Å². The third-order valence-corrected chi connectivity index (χ3v) is 3.98. The number of carboxylic acids is 1. The topological polar surface area (TPSA) is 53.4 Å². The van der Waals surface area contributed by atoms with Crippen molar-refractivity contribution in [1.82, 2.24) is 4.98 Å². The van der Waals surface area contributed by atoms with Crippen molar-refractivity contribution in [1.29, 1.82) is 0 Å². The largest absolute Gasteiger partial charge is 0.478 e. The first-order valence-electron chi connectivity index (χ1n) is 7.51. The summed E-state index contributed by atoms with van der Waals surface area (Å²) in [6, 6.07) is 3.40. The van der Waals surface area contributed by atoms with Gasteiger partial charge in [-0.3, -0.25) is 0 Å². The van der Waals surface area contributed by atoms with Gasteiger partial charge in [0.25, 0.3) is 0 Å². The van der Waals surface area contributed by atoms with Gasteiger partial charge >= 0.3 is 5.97 Å². The molecule has 1 atom stereocenters. The van der Waals surface area contributed by atoms with E-state index < -0.39 is 5.97 Å². The van der Waals surface area contributed by atoms with Crippen molar-refractivity contribution in [2.45, 2.75) is 46.0 Å². The van der Waals surface area contributed by atoms with Crippen LogP contribution >= 0.6 is 0 Å². The molecule has 1 aromatic rings. The Kier molecular flexibility index (Phi) is 4.63. The Bertz CT molecular complexity index is 485. The summed E-state index contributed by atoms with van der Waals surface area (Å²) in [5, 5.41) is 9.25. The molecule has 20 heavy (non-hydrogen) atoms. The van der Waals surface area contributed by atoms with Crippen LogP contribution in [0.15, 0.2) is 12.1 Å². The molecule has 110 valence electrons. The van der Waals surface area contributed by atoms with Crippen molar-refractivity contribution in [3.05, 3.63) is 23.4 Å². The standard InChI is InChI=1S/C16H24N2O2/c1-4-5-12-6-7-18(10-12)15-9-13(16(19)20)8-14(17-15)11(2)3/h8-9,11-12H,4-7,10H2,1-3H3,(H,19,20). The fraction of sp³-hybridized carbons (Fsp3) is 0.625. The molecule has 1 unspecified atom stereocenters. The van der Waals surface area contributed by atoms with Crippen molar-refractivity contribution < 1.29 is 9.90 Å². The van der Waals surface area contributed by atoms with Crippen molar-refractivity contribution in [2.75, 3.05) is 18.0 Å². The molecule has 4 heteroatoms. The zero-order valence-electron chi connectivity index (χ0n) is 12.6. The molecule has 0 aromatic carbocycles. The predicted molar refractivity (Wildman–Crippen MR) is 80.5 cm³/mol. The molecule has 1 N–H and O–H groups in total. The van der Waals surface area contributed by atoms with Gasteiger partial charge in [-0.05, 0) is 36.8 Å². The molecule has 1 aromatic heterocycles.